The minimum absolute atomic E-state index is 0.0385. The van der Waals surface area contributed by atoms with Crippen LogP contribution in [0.3, 0.4) is 0 Å². The fourth-order valence-corrected chi connectivity index (χ4v) is 1.77. The molecule has 0 spiro atoms. The van der Waals surface area contributed by atoms with Crippen LogP contribution < -0.4 is 0 Å². The normalized spacial score (nSPS) is 26.0. The molecular weight excluding hydrogens is 160 g/mol. The highest BCUT2D eigenvalue weighted by molar-refractivity contribution is 4.77. The molecule has 1 nitrogen and oxygen atoms in total. The van der Waals surface area contributed by atoms with Crippen LogP contribution in [0, 0.1) is 11.8 Å². The van der Waals surface area contributed by atoms with Crippen LogP contribution in [0.4, 0.5) is 8.78 Å². The summed E-state index contributed by atoms with van der Waals surface area (Å²) in [6, 6.07) is 0. The molecule has 0 aromatic heterocycles. The minimum Gasteiger partial charge on any atom is -0.297 e. The summed E-state index contributed by atoms with van der Waals surface area (Å²) in [6.07, 6.45) is -1.08. The molecule has 1 atom stereocenters. The Kier molecular flexibility index (Phi) is 3.44. The van der Waals surface area contributed by atoms with Gasteiger partial charge in [0.15, 0.2) is 0 Å². The van der Waals surface area contributed by atoms with Crippen molar-refractivity contribution < 1.29 is 8.78 Å². The molecule has 0 unspecified atom stereocenters. The largest absolute Gasteiger partial charge is 0.297 e. The van der Waals surface area contributed by atoms with E-state index in [-0.39, 0.29) is 6.54 Å². The molecule has 1 aliphatic heterocycles. The molecule has 0 aromatic rings. The molecule has 0 aliphatic carbocycles. The fraction of sp³-hybridized carbons (Fsp3) is 1.00. The van der Waals surface area contributed by atoms with Gasteiger partial charge in [0.25, 0.3) is 6.43 Å². The van der Waals surface area contributed by atoms with Gasteiger partial charge in [-0.15, -0.1) is 0 Å². The van der Waals surface area contributed by atoms with Gasteiger partial charge in [-0.3, -0.25) is 4.90 Å². The summed E-state index contributed by atoms with van der Waals surface area (Å²) in [7, 11) is 0. The van der Waals surface area contributed by atoms with Crippen LogP contribution >= 0.6 is 0 Å². The first-order valence-electron chi connectivity index (χ1n) is 4.60. The van der Waals surface area contributed by atoms with Gasteiger partial charge in [-0.2, -0.15) is 0 Å². The molecule has 1 aliphatic rings. The number of hydrogen-bond donors (Lipinski definition) is 0. The zero-order valence-corrected chi connectivity index (χ0v) is 7.76. The lowest BCUT2D eigenvalue weighted by atomic mass is 9.95. The van der Waals surface area contributed by atoms with Crippen molar-refractivity contribution >= 4 is 0 Å². The Balaban J connectivity index is 2.26. The number of alkyl halides is 2. The Hall–Kier alpha value is -0.180. The first-order chi connectivity index (χ1) is 5.59. The number of rotatable bonds is 3. The van der Waals surface area contributed by atoms with Crippen molar-refractivity contribution in [3.63, 3.8) is 0 Å². The van der Waals surface area contributed by atoms with Gasteiger partial charge in [0.2, 0.25) is 0 Å². The third-order valence-corrected chi connectivity index (χ3v) is 2.65. The summed E-state index contributed by atoms with van der Waals surface area (Å²) < 4.78 is 23.9. The lowest BCUT2D eigenvalue weighted by Crippen LogP contribution is -2.27. The van der Waals surface area contributed by atoms with Crippen LogP contribution in [-0.2, 0) is 0 Å². The average Bonchev–Trinajstić information content (AvgIpc) is 2.34. The van der Waals surface area contributed by atoms with Gasteiger partial charge in [0, 0.05) is 6.54 Å². The van der Waals surface area contributed by atoms with Crippen LogP contribution in [0.15, 0.2) is 0 Å². The third kappa shape index (κ3) is 2.70. The molecule has 0 N–H and O–H groups in total. The van der Waals surface area contributed by atoms with Crippen molar-refractivity contribution in [1.29, 1.82) is 0 Å². The Morgan fingerprint density at radius 2 is 2.08 bits per heavy atom. The topological polar surface area (TPSA) is 3.24 Å². The van der Waals surface area contributed by atoms with Gasteiger partial charge >= 0.3 is 0 Å². The monoisotopic (exact) mass is 177 g/mol. The van der Waals surface area contributed by atoms with Gasteiger partial charge < -0.3 is 0 Å². The molecule has 0 aromatic carbocycles. The maximum atomic E-state index is 12.0. The second-order valence-corrected chi connectivity index (χ2v) is 3.94. The SMILES string of the molecule is CC(C)[C@@H]1CCN(CC(F)F)C1. The number of likely N-dealkylation sites (tertiary alicyclic amines) is 1. The summed E-state index contributed by atoms with van der Waals surface area (Å²) in [6.45, 7) is 6.01. The van der Waals surface area contributed by atoms with E-state index < -0.39 is 6.43 Å². The van der Waals surface area contributed by atoms with E-state index in [1.807, 2.05) is 4.90 Å². The van der Waals surface area contributed by atoms with Gasteiger partial charge in [-0.05, 0) is 24.8 Å². The van der Waals surface area contributed by atoms with Crippen LogP contribution in [0.2, 0.25) is 0 Å². The Morgan fingerprint density at radius 3 is 2.50 bits per heavy atom. The zero-order valence-electron chi connectivity index (χ0n) is 7.76. The minimum atomic E-state index is -2.17. The van der Waals surface area contributed by atoms with Crippen LogP contribution in [0.1, 0.15) is 20.3 Å². The molecule has 3 heteroatoms. The lowest BCUT2D eigenvalue weighted by molar-refractivity contribution is 0.0968. The lowest BCUT2D eigenvalue weighted by Gasteiger charge is -2.16. The summed E-state index contributed by atoms with van der Waals surface area (Å²) in [5.41, 5.74) is 0. The summed E-state index contributed by atoms with van der Waals surface area (Å²) in [4.78, 5) is 1.87. The molecule has 1 rings (SSSR count). The van der Waals surface area contributed by atoms with Crippen molar-refractivity contribution in [2.45, 2.75) is 26.7 Å². The standard InChI is InChI=1S/C9H17F2N/c1-7(2)8-3-4-12(5-8)6-9(10)11/h7-9H,3-6H2,1-2H3/t8-/m1/s1. The fourth-order valence-electron chi connectivity index (χ4n) is 1.77. The van der Waals surface area contributed by atoms with E-state index in [0.717, 1.165) is 19.5 Å². The molecule has 72 valence electrons. The highest BCUT2D eigenvalue weighted by Crippen LogP contribution is 2.23. The second kappa shape index (κ2) is 4.17. The van der Waals surface area contributed by atoms with Gasteiger partial charge in [0.05, 0.1) is 6.54 Å². The molecule has 0 amide bonds. The predicted octanol–water partition coefficient (Wildman–Crippen LogP) is 2.23. The van der Waals surface area contributed by atoms with E-state index in [2.05, 4.69) is 13.8 Å². The van der Waals surface area contributed by atoms with E-state index in [1.165, 1.54) is 0 Å². The smallest absolute Gasteiger partial charge is 0.251 e. The first kappa shape index (κ1) is 9.90. The molecular formula is C9H17F2N. The van der Waals surface area contributed by atoms with Crippen molar-refractivity contribution in [3.05, 3.63) is 0 Å². The Labute approximate surface area is 72.7 Å². The molecule has 1 saturated heterocycles. The summed E-state index contributed by atoms with van der Waals surface area (Å²) in [5.74, 6) is 1.26. The van der Waals surface area contributed by atoms with Crippen LogP contribution in [0.5, 0.6) is 0 Å². The van der Waals surface area contributed by atoms with E-state index in [0.29, 0.717) is 11.8 Å². The molecule has 1 heterocycles. The van der Waals surface area contributed by atoms with Crippen LogP contribution in [-0.4, -0.2) is 31.0 Å². The highest BCUT2D eigenvalue weighted by atomic mass is 19.3. The molecule has 0 bridgehead atoms. The zero-order chi connectivity index (χ0) is 9.14. The van der Waals surface area contributed by atoms with Crippen molar-refractivity contribution in [2.24, 2.45) is 11.8 Å². The highest BCUT2D eigenvalue weighted by Gasteiger charge is 2.26. The van der Waals surface area contributed by atoms with E-state index in [1.54, 1.807) is 0 Å². The molecule has 1 fully saturated rings. The maximum absolute atomic E-state index is 12.0. The van der Waals surface area contributed by atoms with Crippen molar-refractivity contribution in [1.82, 2.24) is 4.90 Å². The third-order valence-electron chi connectivity index (χ3n) is 2.65. The van der Waals surface area contributed by atoms with Crippen molar-refractivity contribution in [2.75, 3.05) is 19.6 Å². The average molecular weight is 177 g/mol. The Bertz CT molecular complexity index is 136. The van der Waals surface area contributed by atoms with E-state index >= 15 is 0 Å². The van der Waals surface area contributed by atoms with Gasteiger partial charge in [-0.1, -0.05) is 13.8 Å². The molecule has 0 saturated carbocycles. The maximum Gasteiger partial charge on any atom is 0.251 e. The Morgan fingerprint density at radius 1 is 1.42 bits per heavy atom. The van der Waals surface area contributed by atoms with Crippen molar-refractivity contribution in [3.8, 4) is 0 Å². The summed E-state index contributed by atoms with van der Waals surface area (Å²) >= 11 is 0. The van der Waals surface area contributed by atoms with E-state index in [9.17, 15) is 8.78 Å². The number of hydrogen-bond acceptors (Lipinski definition) is 1. The second-order valence-electron chi connectivity index (χ2n) is 3.94. The predicted molar refractivity (Wildman–Crippen MR) is 45.4 cm³/mol. The molecule has 12 heavy (non-hydrogen) atoms. The van der Waals surface area contributed by atoms with Gasteiger partial charge in [-0.25, -0.2) is 8.78 Å². The quantitative estimate of drug-likeness (QED) is 0.639. The summed E-state index contributed by atoms with van der Waals surface area (Å²) in [5, 5.41) is 0. The number of halogens is 2. The van der Waals surface area contributed by atoms with E-state index in [4.69, 9.17) is 0 Å². The van der Waals surface area contributed by atoms with Gasteiger partial charge in [0.1, 0.15) is 0 Å². The molecule has 0 radical (unpaired) electrons. The number of nitrogens with zero attached hydrogens (tertiary/aromatic N) is 1. The first-order valence-corrected chi connectivity index (χ1v) is 4.60. The van der Waals surface area contributed by atoms with Crippen LogP contribution in [0.25, 0.3) is 0 Å².